The second-order valence-electron chi connectivity index (χ2n) is 8.72. The van der Waals surface area contributed by atoms with Gasteiger partial charge < -0.3 is 10.1 Å². The number of hydrogen-bond donors (Lipinski definition) is 1. The number of nitrogens with one attached hydrogen (secondary N) is 1. The number of halogens is 1. The molecule has 2 aromatic carbocycles. The highest BCUT2D eigenvalue weighted by atomic mass is 79.9. The van der Waals surface area contributed by atoms with Crippen LogP contribution in [-0.2, 0) is 20.2 Å². The Morgan fingerprint density at radius 3 is 2.29 bits per heavy atom. The fourth-order valence-electron chi connectivity index (χ4n) is 3.39. The summed E-state index contributed by atoms with van der Waals surface area (Å²) < 4.78 is 33.4. The van der Waals surface area contributed by atoms with Gasteiger partial charge in [0.1, 0.15) is 5.75 Å². The van der Waals surface area contributed by atoms with Crippen molar-refractivity contribution in [2.75, 3.05) is 25.0 Å². The lowest BCUT2D eigenvalue weighted by Gasteiger charge is -2.25. The number of piperidine rings is 1. The lowest BCUT2D eigenvalue weighted by Crippen LogP contribution is -2.35. The van der Waals surface area contributed by atoms with Crippen LogP contribution in [0.15, 0.2) is 51.8 Å². The maximum Gasteiger partial charge on any atom is 0.262 e. The maximum absolute atomic E-state index is 12.7. The van der Waals surface area contributed by atoms with Crippen LogP contribution in [0.25, 0.3) is 0 Å². The fraction of sp³-hybridized carbons (Fsp3) is 0.435. The van der Waals surface area contributed by atoms with Crippen molar-refractivity contribution in [3.63, 3.8) is 0 Å². The Bertz CT molecular complexity index is 1020. The van der Waals surface area contributed by atoms with Gasteiger partial charge in [-0.25, -0.2) is 8.42 Å². The van der Waals surface area contributed by atoms with Gasteiger partial charge in [-0.2, -0.15) is 4.31 Å². The molecular formula is C23H29BrN2O4S. The topological polar surface area (TPSA) is 75.7 Å². The van der Waals surface area contributed by atoms with Crippen LogP contribution in [-0.4, -0.2) is 38.3 Å². The molecule has 1 N–H and O–H groups in total. The summed E-state index contributed by atoms with van der Waals surface area (Å²) >= 11 is 3.50. The lowest BCUT2D eigenvalue weighted by atomic mass is 9.87. The molecule has 0 aliphatic carbocycles. The summed E-state index contributed by atoms with van der Waals surface area (Å²) in [7, 11) is -3.48. The Morgan fingerprint density at radius 1 is 1.06 bits per heavy atom. The Kier molecular flexibility index (Phi) is 7.44. The van der Waals surface area contributed by atoms with Crippen LogP contribution < -0.4 is 10.1 Å². The second kappa shape index (κ2) is 9.71. The highest BCUT2D eigenvalue weighted by Gasteiger charge is 2.25. The van der Waals surface area contributed by atoms with E-state index in [-0.39, 0.29) is 22.8 Å². The van der Waals surface area contributed by atoms with E-state index in [2.05, 4.69) is 42.0 Å². The predicted octanol–water partition coefficient (Wildman–Crippen LogP) is 4.94. The first kappa shape index (κ1) is 23.8. The first-order valence-corrected chi connectivity index (χ1v) is 12.6. The van der Waals surface area contributed by atoms with Gasteiger partial charge in [0, 0.05) is 18.8 Å². The van der Waals surface area contributed by atoms with Crippen LogP contribution in [0.4, 0.5) is 5.69 Å². The third-order valence-electron chi connectivity index (χ3n) is 5.25. The van der Waals surface area contributed by atoms with Gasteiger partial charge in [-0.15, -0.1) is 0 Å². The molecule has 0 spiro atoms. The van der Waals surface area contributed by atoms with Crippen molar-refractivity contribution in [3.05, 3.63) is 52.5 Å². The molecule has 6 nitrogen and oxygen atoms in total. The average Bonchev–Trinajstić information content (AvgIpc) is 2.73. The number of rotatable bonds is 6. The normalized spacial score (nSPS) is 15.5. The second-order valence-corrected chi connectivity index (χ2v) is 11.5. The van der Waals surface area contributed by atoms with Crippen molar-refractivity contribution < 1.29 is 17.9 Å². The van der Waals surface area contributed by atoms with E-state index in [4.69, 9.17) is 4.74 Å². The van der Waals surface area contributed by atoms with Gasteiger partial charge in [-0.05, 0) is 76.1 Å². The molecule has 0 radical (unpaired) electrons. The summed E-state index contributed by atoms with van der Waals surface area (Å²) in [5.41, 5.74) is 1.70. The summed E-state index contributed by atoms with van der Waals surface area (Å²) in [5, 5.41) is 2.74. The van der Waals surface area contributed by atoms with Gasteiger partial charge in [0.2, 0.25) is 10.0 Å². The highest BCUT2D eigenvalue weighted by Crippen LogP contribution is 2.31. The predicted molar refractivity (Wildman–Crippen MR) is 126 cm³/mol. The molecule has 0 unspecified atom stereocenters. The summed E-state index contributed by atoms with van der Waals surface area (Å²) in [6.45, 7) is 7.36. The number of amides is 1. The Hall–Kier alpha value is -1.90. The van der Waals surface area contributed by atoms with E-state index in [0.717, 1.165) is 29.3 Å². The minimum atomic E-state index is -3.48. The van der Waals surface area contributed by atoms with Gasteiger partial charge in [0.25, 0.3) is 5.91 Å². The number of hydrogen-bond acceptors (Lipinski definition) is 4. The molecule has 1 amide bonds. The van der Waals surface area contributed by atoms with Crippen LogP contribution >= 0.6 is 15.9 Å². The minimum Gasteiger partial charge on any atom is -0.483 e. The van der Waals surface area contributed by atoms with Gasteiger partial charge in [0.05, 0.1) is 9.37 Å². The molecule has 1 fully saturated rings. The summed E-state index contributed by atoms with van der Waals surface area (Å²) in [4.78, 5) is 12.5. The Labute approximate surface area is 193 Å². The zero-order chi connectivity index (χ0) is 22.6. The number of anilines is 1. The van der Waals surface area contributed by atoms with Crippen molar-refractivity contribution in [2.45, 2.75) is 50.3 Å². The molecule has 0 aromatic heterocycles. The van der Waals surface area contributed by atoms with Gasteiger partial charge >= 0.3 is 0 Å². The standard InChI is InChI=1S/C23H29BrN2O4S/c1-23(2,3)17-7-12-21(20(24)15-17)30-16-22(27)25-18-8-10-19(11-9-18)31(28,29)26-13-5-4-6-14-26/h7-12,15H,4-6,13-14,16H2,1-3H3,(H,25,27). The fourth-order valence-corrected chi connectivity index (χ4v) is 5.40. The monoisotopic (exact) mass is 508 g/mol. The molecule has 3 rings (SSSR count). The molecule has 1 heterocycles. The third kappa shape index (κ3) is 6.08. The molecule has 1 aliphatic heterocycles. The van der Waals surface area contributed by atoms with Crippen molar-refractivity contribution in [3.8, 4) is 5.75 Å². The van der Waals surface area contributed by atoms with Crippen molar-refractivity contribution in [1.82, 2.24) is 4.31 Å². The third-order valence-corrected chi connectivity index (χ3v) is 7.78. The van der Waals surface area contributed by atoms with E-state index < -0.39 is 10.0 Å². The van der Waals surface area contributed by atoms with E-state index in [1.807, 2.05) is 18.2 Å². The highest BCUT2D eigenvalue weighted by molar-refractivity contribution is 9.10. The van der Waals surface area contributed by atoms with E-state index in [0.29, 0.717) is 24.5 Å². The molecule has 1 aliphatic rings. The average molecular weight is 509 g/mol. The molecule has 2 aromatic rings. The van der Waals surface area contributed by atoms with Crippen molar-refractivity contribution >= 4 is 37.5 Å². The van der Waals surface area contributed by atoms with E-state index >= 15 is 0 Å². The summed E-state index contributed by atoms with van der Waals surface area (Å²) in [5.74, 6) is 0.268. The van der Waals surface area contributed by atoms with Crippen molar-refractivity contribution in [2.24, 2.45) is 0 Å². The van der Waals surface area contributed by atoms with Crippen LogP contribution in [0.5, 0.6) is 5.75 Å². The number of sulfonamides is 1. The van der Waals surface area contributed by atoms with Gasteiger partial charge in [0.15, 0.2) is 6.61 Å². The van der Waals surface area contributed by atoms with Crippen LogP contribution in [0.3, 0.4) is 0 Å². The largest absolute Gasteiger partial charge is 0.483 e. The molecular weight excluding hydrogens is 480 g/mol. The molecule has 168 valence electrons. The number of carbonyl (C=O) groups excluding carboxylic acids is 1. The van der Waals surface area contributed by atoms with E-state index in [9.17, 15) is 13.2 Å². The van der Waals surface area contributed by atoms with Crippen LogP contribution in [0.2, 0.25) is 0 Å². The zero-order valence-corrected chi connectivity index (χ0v) is 20.6. The zero-order valence-electron chi connectivity index (χ0n) is 18.2. The smallest absolute Gasteiger partial charge is 0.262 e. The first-order valence-electron chi connectivity index (χ1n) is 10.4. The SMILES string of the molecule is CC(C)(C)c1ccc(OCC(=O)Nc2ccc(S(=O)(=O)N3CCCCC3)cc2)c(Br)c1. The van der Waals surface area contributed by atoms with E-state index in [1.54, 1.807) is 12.1 Å². The van der Waals surface area contributed by atoms with Crippen LogP contribution in [0, 0.1) is 0 Å². The lowest BCUT2D eigenvalue weighted by molar-refractivity contribution is -0.118. The van der Waals surface area contributed by atoms with E-state index in [1.165, 1.54) is 16.4 Å². The van der Waals surface area contributed by atoms with Crippen LogP contribution in [0.1, 0.15) is 45.6 Å². The molecule has 0 atom stereocenters. The molecule has 0 bridgehead atoms. The summed E-state index contributed by atoms with van der Waals surface area (Å²) in [6.07, 6.45) is 2.85. The quantitative estimate of drug-likeness (QED) is 0.599. The number of ether oxygens (including phenoxy) is 1. The molecule has 8 heteroatoms. The maximum atomic E-state index is 12.7. The number of nitrogens with zero attached hydrogens (tertiary/aromatic N) is 1. The minimum absolute atomic E-state index is 0.0199. The molecule has 31 heavy (non-hydrogen) atoms. The molecule has 0 saturated carbocycles. The van der Waals surface area contributed by atoms with Crippen molar-refractivity contribution in [1.29, 1.82) is 0 Å². The van der Waals surface area contributed by atoms with Gasteiger partial charge in [-0.1, -0.05) is 33.3 Å². The first-order chi connectivity index (χ1) is 14.6. The molecule has 1 saturated heterocycles. The number of carbonyl (C=O) groups is 1. The summed E-state index contributed by atoms with van der Waals surface area (Å²) in [6, 6.07) is 12.1. The van der Waals surface area contributed by atoms with Gasteiger partial charge in [-0.3, -0.25) is 4.79 Å². The Morgan fingerprint density at radius 2 is 1.71 bits per heavy atom. The number of benzene rings is 2. The Balaban J connectivity index is 1.57.